The summed E-state index contributed by atoms with van der Waals surface area (Å²) < 4.78 is 6.99. The maximum absolute atomic E-state index is 5.90. The molecule has 3 nitrogen and oxygen atoms in total. The number of halogens is 1. The Hall–Kier alpha value is -1.33. The molecule has 118 valence electrons. The summed E-state index contributed by atoms with van der Waals surface area (Å²) in [5.41, 5.74) is 3.51. The molecule has 0 N–H and O–H groups in total. The molecule has 0 amide bonds. The van der Waals surface area contributed by atoms with E-state index in [1.165, 1.54) is 11.1 Å². The van der Waals surface area contributed by atoms with Crippen molar-refractivity contribution in [2.24, 2.45) is 0 Å². The van der Waals surface area contributed by atoms with E-state index < -0.39 is 0 Å². The molecule has 2 aromatic rings. The van der Waals surface area contributed by atoms with Crippen LogP contribution in [0.2, 0.25) is 0 Å². The van der Waals surface area contributed by atoms with Crippen molar-refractivity contribution in [3.8, 4) is 5.88 Å². The molecule has 1 aliphatic heterocycles. The van der Waals surface area contributed by atoms with Crippen molar-refractivity contribution in [1.82, 2.24) is 9.79 Å². The third-order valence-corrected chi connectivity index (χ3v) is 4.87. The van der Waals surface area contributed by atoms with Gasteiger partial charge in [0.05, 0.1) is 0 Å². The van der Waals surface area contributed by atoms with Crippen molar-refractivity contribution < 1.29 is 4.74 Å². The number of rotatable bonds is 4. The highest BCUT2D eigenvalue weighted by molar-refractivity contribution is 9.10. The Morgan fingerprint density at radius 2 is 2.04 bits per heavy atom. The molecule has 3 rings (SSSR count). The van der Waals surface area contributed by atoms with Crippen LogP contribution in [0.5, 0.6) is 5.88 Å². The fourth-order valence-corrected chi connectivity index (χ4v) is 3.38. The summed E-state index contributed by atoms with van der Waals surface area (Å²) in [6, 6.07) is 12.3. The van der Waals surface area contributed by atoms with Gasteiger partial charge in [0.2, 0.25) is 5.88 Å². The van der Waals surface area contributed by atoms with Crippen molar-refractivity contribution in [2.45, 2.75) is 32.3 Å². The molecule has 1 aromatic heterocycles. The van der Waals surface area contributed by atoms with Crippen LogP contribution in [-0.2, 0) is 6.61 Å². The molecule has 0 aliphatic carbocycles. The summed E-state index contributed by atoms with van der Waals surface area (Å²) in [5.74, 6) is 1.17. The summed E-state index contributed by atoms with van der Waals surface area (Å²) >= 11 is 3.48. The van der Waals surface area contributed by atoms with Gasteiger partial charge in [-0.25, -0.2) is 4.98 Å². The Kier molecular flexibility index (Phi) is 5.39. The summed E-state index contributed by atoms with van der Waals surface area (Å²) in [7, 11) is 5.83. The minimum Gasteiger partial charge on any atom is -0.473 e. The number of pyridine rings is 1. The van der Waals surface area contributed by atoms with E-state index in [9.17, 15) is 0 Å². The van der Waals surface area contributed by atoms with Crippen LogP contribution in [0.15, 0.2) is 40.9 Å². The van der Waals surface area contributed by atoms with Gasteiger partial charge in [-0.05, 0) is 62.2 Å². The third kappa shape index (κ3) is 4.36. The molecule has 1 aliphatic rings. The van der Waals surface area contributed by atoms with Crippen LogP contribution in [0, 0.1) is 6.92 Å². The zero-order valence-electron chi connectivity index (χ0n) is 13.3. The average molecular weight is 371 g/mol. The van der Waals surface area contributed by atoms with Crippen molar-refractivity contribution in [2.75, 3.05) is 13.1 Å². The molecule has 0 saturated carbocycles. The standard InChI is InChI=1S/C18H20BBrN2O/c1-13-11-16(20)6-5-15(13)12-23-18-4-2-3-17(21-18)14-7-9-22(19)10-8-14/h2-6,11,14H,7-10,12H2,1H3. The normalized spacial score (nSPS) is 16.4. The molecule has 0 spiro atoms. The highest BCUT2D eigenvalue weighted by Gasteiger charge is 2.19. The minimum atomic E-state index is 0.479. The number of nitrogens with zero attached hydrogens (tertiary/aromatic N) is 2. The van der Waals surface area contributed by atoms with Gasteiger partial charge in [0.1, 0.15) is 6.61 Å². The Morgan fingerprint density at radius 3 is 2.78 bits per heavy atom. The molecule has 0 atom stereocenters. The van der Waals surface area contributed by atoms with E-state index in [1.807, 2.05) is 23.0 Å². The molecule has 2 radical (unpaired) electrons. The quantitative estimate of drug-likeness (QED) is 0.760. The number of aromatic nitrogens is 1. The van der Waals surface area contributed by atoms with Gasteiger partial charge < -0.3 is 9.55 Å². The first kappa shape index (κ1) is 16.5. The lowest BCUT2D eigenvalue weighted by Crippen LogP contribution is -2.30. The van der Waals surface area contributed by atoms with Gasteiger partial charge >= 0.3 is 0 Å². The lowest BCUT2D eigenvalue weighted by atomic mass is 9.92. The summed E-state index contributed by atoms with van der Waals surface area (Å²) in [6.07, 6.45) is 2.11. The molecule has 23 heavy (non-hydrogen) atoms. The highest BCUT2D eigenvalue weighted by atomic mass is 79.9. The number of aryl methyl sites for hydroxylation is 1. The molecule has 0 unspecified atom stereocenters. The molecule has 0 bridgehead atoms. The fourth-order valence-electron chi connectivity index (χ4n) is 2.91. The first-order chi connectivity index (χ1) is 11.1. The molecule has 1 fully saturated rings. The number of hydrogen-bond acceptors (Lipinski definition) is 3. The largest absolute Gasteiger partial charge is 0.473 e. The van der Waals surface area contributed by atoms with E-state index in [2.05, 4.69) is 41.1 Å². The summed E-state index contributed by atoms with van der Waals surface area (Å²) in [6.45, 7) is 4.48. The molecule has 2 heterocycles. The lowest BCUT2D eigenvalue weighted by molar-refractivity contribution is 0.288. The summed E-state index contributed by atoms with van der Waals surface area (Å²) in [4.78, 5) is 6.58. The molecular weight excluding hydrogens is 351 g/mol. The van der Waals surface area contributed by atoms with Crippen molar-refractivity contribution in [1.29, 1.82) is 0 Å². The molecule has 1 saturated heterocycles. The van der Waals surface area contributed by atoms with E-state index in [-0.39, 0.29) is 0 Å². The Labute approximate surface area is 147 Å². The fraction of sp³-hybridized carbons (Fsp3) is 0.389. The number of hydrogen-bond donors (Lipinski definition) is 0. The maximum Gasteiger partial charge on any atom is 0.213 e. The van der Waals surface area contributed by atoms with E-state index in [4.69, 9.17) is 17.7 Å². The maximum atomic E-state index is 5.90. The van der Waals surface area contributed by atoms with E-state index >= 15 is 0 Å². The smallest absolute Gasteiger partial charge is 0.213 e. The van der Waals surface area contributed by atoms with Crippen LogP contribution < -0.4 is 4.74 Å². The predicted octanol–water partition coefficient (Wildman–Crippen LogP) is 3.99. The van der Waals surface area contributed by atoms with Gasteiger partial charge in [-0.1, -0.05) is 28.1 Å². The SMILES string of the molecule is [B]N1CCC(c2cccc(OCc3ccc(Br)cc3C)n2)CC1. The lowest BCUT2D eigenvalue weighted by Gasteiger charge is -2.29. The second kappa shape index (κ2) is 7.50. The zero-order chi connectivity index (χ0) is 16.2. The summed E-state index contributed by atoms with van der Waals surface area (Å²) in [5, 5.41) is 0. The first-order valence-electron chi connectivity index (χ1n) is 7.96. The molecular formula is C18H20BBrN2O. The third-order valence-electron chi connectivity index (χ3n) is 4.37. The Balaban J connectivity index is 1.65. The van der Waals surface area contributed by atoms with E-state index in [0.717, 1.165) is 36.1 Å². The van der Waals surface area contributed by atoms with Crippen molar-refractivity contribution >= 4 is 23.9 Å². The second-order valence-corrected chi connectivity index (χ2v) is 6.99. The van der Waals surface area contributed by atoms with Crippen LogP contribution in [0.4, 0.5) is 0 Å². The first-order valence-corrected chi connectivity index (χ1v) is 8.75. The van der Waals surface area contributed by atoms with Crippen LogP contribution >= 0.6 is 15.9 Å². The van der Waals surface area contributed by atoms with Gasteiger partial charge in [-0.2, -0.15) is 0 Å². The minimum absolute atomic E-state index is 0.479. The van der Waals surface area contributed by atoms with Gasteiger partial charge in [-0.3, -0.25) is 0 Å². The van der Waals surface area contributed by atoms with Gasteiger partial charge in [0, 0.05) is 22.2 Å². The predicted molar refractivity (Wildman–Crippen MR) is 96.8 cm³/mol. The number of ether oxygens (including phenoxy) is 1. The molecule has 1 aromatic carbocycles. The Morgan fingerprint density at radius 1 is 1.26 bits per heavy atom. The van der Waals surface area contributed by atoms with Gasteiger partial charge in [0.25, 0.3) is 0 Å². The topological polar surface area (TPSA) is 25.4 Å². The zero-order valence-corrected chi connectivity index (χ0v) is 14.9. The molecule has 5 heteroatoms. The van der Waals surface area contributed by atoms with Crippen molar-refractivity contribution in [3.63, 3.8) is 0 Å². The van der Waals surface area contributed by atoms with Gasteiger partial charge in [-0.15, -0.1) is 0 Å². The average Bonchev–Trinajstić information content (AvgIpc) is 2.55. The van der Waals surface area contributed by atoms with Crippen LogP contribution in [0.1, 0.15) is 35.6 Å². The number of piperidine rings is 1. The second-order valence-electron chi connectivity index (χ2n) is 6.07. The van der Waals surface area contributed by atoms with Crippen LogP contribution in [0.25, 0.3) is 0 Å². The Bertz CT molecular complexity index is 672. The number of benzene rings is 1. The van der Waals surface area contributed by atoms with Crippen LogP contribution in [-0.4, -0.2) is 30.9 Å². The van der Waals surface area contributed by atoms with Crippen LogP contribution in [0.3, 0.4) is 0 Å². The van der Waals surface area contributed by atoms with Crippen molar-refractivity contribution in [3.05, 3.63) is 57.7 Å². The highest BCUT2D eigenvalue weighted by Crippen LogP contribution is 2.27. The monoisotopic (exact) mass is 370 g/mol. The van der Waals surface area contributed by atoms with E-state index in [1.54, 1.807) is 0 Å². The van der Waals surface area contributed by atoms with E-state index in [0.29, 0.717) is 18.4 Å². The van der Waals surface area contributed by atoms with Gasteiger partial charge in [0.15, 0.2) is 7.98 Å².